The summed E-state index contributed by atoms with van der Waals surface area (Å²) in [6, 6.07) is 0. The van der Waals surface area contributed by atoms with Gasteiger partial charge in [0.1, 0.15) is 0 Å². The van der Waals surface area contributed by atoms with Crippen molar-refractivity contribution in [2.75, 3.05) is 0 Å². The molecule has 0 amide bonds. The van der Waals surface area contributed by atoms with Gasteiger partial charge in [0.05, 0.1) is 23.9 Å². The predicted molar refractivity (Wildman–Crippen MR) is 55.2 cm³/mol. The van der Waals surface area contributed by atoms with Gasteiger partial charge in [-0.1, -0.05) is 0 Å². The van der Waals surface area contributed by atoms with Gasteiger partial charge >= 0.3 is 18.5 Å². The number of pyridine rings is 1. The van der Waals surface area contributed by atoms with Crippen LogP contribution in [0.5, 0.6) is 5.75 Å². The normalized spacial score (nSPS) is 12.3. The molecule has 0 bridgehead atoms. The van der Waals surface area contributed by atoms with Crippen LogP contribution >= 0.6 is 0 Å². The summed E-state index contributed by atoms with van der Waals surface area (Å²) < 4.78 is 78.6. The van der Waals surface area contributed by atoms with Crippen molar-refractivity contribution < 1.29 is 41.0 Å². The number of nitrogens with zero attached hydrogens (tertiary/aromatic N) is 1. The van der Waals surface area contributed by atoms with Crippen molar-refractivity contribution >= 4 is 5.97 Å². The van der Waals surface area contributed by atoms with E-state index in [-0.39, 0.29) is 0 Å². The number of rotatable bonds is 4. The number of aliphatic carboxylic acids is 1. The van der Waals surface area contributed by atoms with E-state index in [4.69, 9.17) is 10.8 Å². The second-order valence-electron chi connectivity index (χ2n) is 3.74. The standard InChI is InChI=1S/C10H8F6N2O3/c11-9(12,13)8-4(2-17)6(21-10(14,15)16)3-18-5(8)1-7(19)20/h3H,1-2,17H2,(H,19,20). The van der Waals surface area contributed by atoms with Crippen LogP contribution in [0.15, 0.2) is 6.20 Å². The second kappa shape index (κ2) is 5.76. The maximum atomic E-state index is 12.9. The first-order valence-corrected chi connectivity index (χ1v) is 5.21. The molecule has 1 rings (SSSR count). The van der Waals surface area contributed by atoms with Crippen LogP contribution in [0, 0.1) is 0 Å². The van der Waals surface area contributed by atoms with Crippen molar-refractivity contribution in [1.29, 1.82) is 0 Å². The monoisotopic (exact) mass is 318 g/mol. The molecule has 5 nitrogen and oxygen atoms in total. The fourth-order valence-corrected chi connectivity index (χ4v) is 1.60. The summed E-state index contributed by atoms with van der Waals surface area (Å²) in [5.41, 5.74) is 1.47. The van der Waals surface area contributed by atoms with Gasteiger partial charge in [0.2, 0.25) is 0 Å². The molecule has 1 heterocycles. The predicted octanol–water partition coefficient (Wildman–Crippen LogP) is 2.08. The molecule has 0 saturated heterocycles. The summed E-state index contributed by atoms with van der Waals surface area (Å²) in [5.74, 6) is -2.84. The van der Waals surface area contributed by atoms with Gasteiger partial charge in [0.25, 0.3) is 0 Å². The van der Waals surface area contributed by atoms with Gasteiger partial charge in [-0.3, -0.25) is 9.78 Å². The largest absolute Gasteiger partial charge is 0.573 e. The Hall–Kier alpha value is -2.04. The number of nitrogens with two attached hydrogens (primary N) is 1. The average Bonchev–Trinajstić information content (AvgIpc) is 2.26. The molecule has 0 radical (unpaired) electrons. The summed E-state index contributed by atoms with van der Waals surface area (Å²) in [7, 11) is 0. The maximum absolute atomic E-state index is 12.9. The van der Waals surface area contributed by atoms with E-state index in [9.17, 15) is 31.1 Å². The Morgan fingerprint density at radius 3 is 2.24 bits per heavy atom. The second-order valence-corrected chi connectivity index (χ2v) is 3.74. The van der Waals surface area contributed by atoms with E-state index in [1.807, 2.05) is 0 Å². The molecule has 1 aromatic rings. The van der Waals surface area contributed by atoms with Crippen LogP contribution in [0.25, 0.3) is 0 Å². The van der Waals surface area contributed by atoms with Crippen molar-refractivity contribution in [1.82, 2.24) is 4.98 Å². The molecule has 0 aromatic carbocycles. The summed E-state index contributed by atoms with van der Waals surface area (Å²) in [5, 5.41) is 8.53. The molecule has 0 saturated carbocycles. The lowest BCUT2D eigenvalue weighted by atomic mass is 10.0. The highest BCUT2D eigenvalue weighted by Gasteiger charge is 2.40. The minimum absolute atomic E-state index is 0.364. The van der Waals surface area contributed by atoms with E-state index in [0.29, 0.717) is 6.20 Å². The van der Waals surface area contributed by atoms with Crippen LogP contribution in [0.3, 0.4) is 0 Å². The number of halogens is 6. The smallest absolute Gasteiger partial charge is 0.481 e. The van der Waals surface area contributed by atoms with Gasteiger partial charge in [0, 0.05) is 12.1 Å². The highest BCUT2D eigenvalue weighted by atomic mass is 19.4. The fraction of sp³-hybridized carbons (Fsp3) is 0.400. The Balaban J connectivity index is 3.50. The first-order valence-electron chi connectivity index (χ1n) is 5.21. The number of alkyl halides is 6. The minimum Gasteiger partial charge on any atom is -0.481 e. The third-order valence-corrected chi connectivity index (χ3v) is 2.26. The topological polar surface area (TPSA) is 85.4 Å². The van der Waals surface area contributed by atoms with Crippen LogP contribution < -0.4 is 10.5 Å². The van der Waals surface area contributed by atoms with Crippen LogP contribution in [0.4, 0.5) is 26.3 Å². The summed E-state index contributed by atoms with van der Waals surface area (Å²) in [6.45, 7) is -0.935. The number of hydrogen-bond donors (Lipinski definition) is 2. The van der Waals surface area contributed by atoms with Crippen molar-refractivity contribution in [2.45, 2.75) is 25.5 Å². The number of carbonyl (C=O) groups is 1. The quantitative estimate of drug-likeness (QED) is 0.830. The summed E-state index contributed by atoms with van der Waals surface area (Å²) >= 11 is 0. The number of ether oxygens (including phenoxy) is 1. The van der Waals surface area contributed by atoms with Crippen LogP contribution in [-0.2, 0) is 23.9 Å². The molecular formula is C10H8F6N2O3. The van der Waals surface area contributed by atoms with Gasteiger partial charge in [-0.05, 0) is 0 Å². The molecule has 1 aromatic heterocycles. The van der Waals surface area contributed by atoms with Crippen LogP contribution in [0.2, 0.25) is 0 Å². The Bertz CT molecular complexity index is 541. The zero-order valence-electron chi connectivity index (χ0n) is 10.0. The Kier molecular flexibility index (Phi) is 4.66. The van der Waals surface area contributed by atoms with E-state index in [1.54, 1.807) is 0 Å². The number of carboxylic acid groups (broad SMARTS) is 1. The minimum atomic E-state index is -5.23. The molecule has 0 fully saturated rings. The first-order chi connectivity index (χ1) is 9.45. The summed E-state index contributed by atoms with van der Waals surface area (Å²) in [6.07, 6.45) is -11.1. The van der Waals surface area contributed by atoms with Crippen molar-refractivity contribution in [3.05, 3.63) is 23.0 Å². The van der Waals surface area contributed by atoms with Gasteiger partial charge in [-0.2, -0.15) is 13.2 Å². The Morgan fingerprint density at radius 1 is 1.29 bits per heavy atom. The third-order valence-electron chi connectivity index (χ3n) is 2.26. The van der Waals surface area contributed by atoms with Gasteiger partial charge in [-0.25, -0.2) is 0 Å². The van der Waals surface area contributed by atoms with Crippen molar-refractivity contribution in [3.63, 3.8) is 0 Å². The van der Waals surface area contributed by atoms with E-state index in [1.165, 1.54) is 0 Å². The van der Waals surface area contributed by atoms with Gasteiger partial charge in [-0.15, -0.1) is 13.2 Å². The van der Waals surface area contributed by atoms with Gasteiger partial charge in [0.15, 0.2) is 5.75 Å². The highest BCUT2D eigenvalue weighted by molar-refractivity contribution is 5.70. The molecule has 11 heteroatoms. The maximum Gasteiger partial charge on any atom is 0.573 e. The van der Waals surface area contributed by atoms with E-state index in [2.05, 4.69) is 9.72 Å². The number of hydrogen-bond acceptors (Lipinski definition) is 4. The molecule has 0 atom stereocenters. The van der Waals surface area contributed by atoms with Crippen LogP contribution in [0.1, 0.15) is 16.8 Å². The first kappa shape index (κ1) is 17.0. The van der Waals surface area contributed by atoms with Crippen molar-refractivity contribution in [3.8, 4) is 5.75 Å². The lowest BCUT2D eigenvalue weighted by Gasteiger charge is -2.19. The van der Waals surface area contributed by atoms with Gasteiger partial charge < -0.3 is 15.6 Å². The lowest BCUT2D eigenvalue weighted by molar-refractivity contribution is -0.275. The number of carboxylic acids is 1. The fourth-order valence-electron chi connectivity index (χ4n) is 1.60. The SMILES string of the molecule is NCc1c(OC(F)(F)F)cnc(CC(=O)O)c1C(F)(F)F. The number of aromatic nitrogens is 1. The van der Waals surface area contributed by atoms with Crippen LogP contribution in [-0.4, -0.2) is 22.4 Å². The summed E-state index contributed by atoms with van der Waals surface area (Å²) in [4.78, 5) is 13.6. The third kappa shape index (κ3) is 4.48. The molecule has 0 spiro atoms. The molecule has 0 unspecified atom stereocenters. The lowest BCUT2D eigenvalue weighted by Crippen LogP contribution is -2.23. The molecular weight excluding hydrogens is 310 g/mol. The molecule has 3 N–H and O–H groups in total. The van der Waals surface area contributed by atoms with E-state index < -0.39 is 54.0 Å². The van der Waals surface area contributed by atoms with E-state index >= 15 is 0 Å². The molecule has 118 valence electrons. The van der Waals surface area contributed by atoms with Crippen molar-refractivity contribution in [2.24, 2.45) is 5.73 Å². The highest BCUT2D eigenvalue weighted by Crippen LogP contribution is 2.39. The average molecular weight is 318 g/mol. The molecule has 21 heavy (non-hydrogen) atoms. The zero-order valence-corrected chi connectivity index (χ0v) is 10.0. The Morgan fingerprint density at radius 2 is 1.86 bits per heavy atom. The Labute approximate surface area is 113 Å². The molecule has 0 aliphatic rings. The molecule has 0 aliphatic heterocycles. The van der Waals surface area contributed by atoms with E-state index in [0.717, 1.165) is 0 Å². The molecule has 0 aliphatic carbocycles. The zero-order chi connectivity index (χ0) is 16.4.